The summed E-state index contributed by atoms with van der Waals surface area (Å²) in [4.78, 5) is 0. The summed E-state index contributed by atoms with van der Waals surface area (Å²) in [6.07, 6.45) is 8.41. The molecular weight excluding hydrogens is 208 g/mol. The van der Waals surface area contributed by atoms with Gasteiger partial charge in [-0.2, -0.15) is 0 Å². The molecule has 0 amide bonds. The van der Waals surface area contributed by atoms with E-state index in [4.69, 9.17) is 0 Å². The number of aliphatic hydroxyl groups is 1. The van der Waals surface area contributed by atoms with Crippen LogP contribution in [0.4, 0.5) is 0 Å². The molecule has 1 aliphatic rings. The van der Waals surface area contributed by atoms with Gasteiger partial charge in [-0.25, -0.2) is 0 Å². The molecule has 0 bridgehead atoms. The first-order valence-corrected chi connectivity index (χ1v) is 7.05. The summed E-state index contributed by atoms with van der Waals surface area (Å²) >= 11 is 0. The van der Waals surface area contributed by atoms with Crippen molar-refractivity contribution in [3.05, 3.63) is 35.9 Å². The minimum Gasteiger partial charge on any atom is -0.385 e. The fourth-order valence-electron chi connectivity index (χ4n) is 3.21. The molecule has 0 radical (unpaired) electrons. The maximum Gasteiger partial charge on any atom is 0.0921 e. The molecule has 0 spiro atoms. The van der Waals surface area contributed by atoms with Crippen LogP contribution in [0.3, 0.4) is 0 Å². The lowest BCUT2D eigenvalue weighted by Gasteiger charge is -2.35. The molecule has 1 N–H and O–H groups in total. The van der Waals surface area contributed by atoms with Crippen molar-refractivity contribution in [1.29, 1.82) is 0 Å². The van der Waals surface area contributed by atoms with Crippen LogP contribution in [0, 0.1) is 5.92 Å². The first-order chi connectivity index (χ1) is 8.27. The second kappa shape index (κ2) is 5.68. The average molecular weight is 232 g/mol. The third-order valence-corrected chi connectivity index (χ3v) is 4.34. The molecule has 2 rings (SSSR count). The van der Waals surface area contributed by atoms with Crippen LogP contribution in [0.15, 0.2) is 30.3 Å². The summed E-state index contributed by atoms with van der Waals surface area (Å²) in [5.41, 5.74) is 0.500. The topological polar surface area (TPSA) is 20.2 Å². The minimum atomic E-state index is -0.606. The van der Waals surface area contributed by atoms with Crippen LogP contribution in [0.1, 0.15) is 57.4 Å². The molecule has 0 aliphatic heterocycles. The quantitative estimate of drug-likeness (QED) is 0.772. The van der Waals surface area contributed by atoms with Gasteiger partial charge < -0.3 is 5.11 Å². The predicted molar refractivity (Wildman–Crippen MR) is 71.8 cm³/mol. The summed E-state index contributed by atoms with van der Waals surface area (Å²) < 4.78 is 0. The molecule has 0 saturated heterocycles. The first-order valence-electron chi connectivity index (χ1n) is 7.05. The van der Waals surface area contributed by atoms with E-state index >= 15 is 0 Å². The molecule has 17 heavy (non-hydrogen) atoms. The van der Waals surface area contributed by atoms with E-state index in [-0.39, 0.29) is 0 Å². The van der Waals surface area contributed by atoms with Gasteiger partial charge >= 0.3 is 0 Å². The van der Waals surface area contributed by atoms with E-state index in [1.54, 1.807) is 0 Å². The van der Waals surface area contributed by atoms with Crippen LogP contribution in [-0.4, -0.2) is 5.11 Å². The number of hydrogen-bond acceptors (Lipinski definition) is 1. The molecule has 1 heteroatoms. The van der Waals surface area contributed by atoms with Gasteiger partial charge in [0, 0.05) is 0 Å². The van der Waals surface area contributed by atoms with Crippen LogP contribution in [0.5, 0.6) is 0 Å². The minimum absolute atomic E-state index is 0.442. The maximum atomic E-state index is 11.0. The Kier molecular flexibility index (Phi) is 4.22. The lowest BCUT2D eigenvalue weighted by Crippen LogP contribution is -2.34. The van der Waals surface area contributed by atoms with Crippen molar-refractivity contribution >= 4 is 0 Å². The van der Waals surface area contributed by atoms with Crippen molar-refractivity contribution < 1.29 is 5.11 Å². The van der Waals surface area contributed by atoms with Crippen molar-refractivity contribution in [2.75, 3.05) is 0 Å². The standard InChI is InChI=1S/C16H24O/c1-2-16(17,15-12-8-5-9-13-15)14-10-6-3-4-7-11-14/h5,8-9,12-14,17H,2-4,6-7,10-11H2,1H3. The van der Waals surface area contributed by atoms with Crippen molar-refractivity contribution in [1.82, 2.24) is 0 Å². The summed E-state index contributed by atoms with van der Waals surface area (Å²) in [5.74, 6) is 0.442. The first kappa shape index (κ1) is 12.6. The SMILES string of the molecule is CCC(O)(c1ccccc1)C1CCCCCC1. The molecule has 0 heterocycles. The van der Waals surface area contributed by atoms with Crippen molar-refractivity contribution in [2.45, 2.75) is 57.5 Å². The van der Waals surface area contributed by atoms with Crippen molar-refractivity contribution in [3.8, 4) is 0 Å². The lowest BCUT2D eigenvalue weighted by molar-refractivity contribution is -0.0341. The zero-order valence-corrected chi connectivity index (χ0v) is 10.9. The third-order valence-electron chi connectivity index (χ3n) is 4.34. The summed E-state index contributed by atoms with van der Waals surface area (Å²) in [7, 11) is 0. The zero-order valence-electron chi connectivity index (χ0n) is 10.9. The Hall–Kier alpha value is -0.820. The van der Waals surface area contributed by atoms with Crippen LogP contribution in [0.2, 0.25) is 0 Å². The highest BCUT2D eigenvalue weighted by atomic mass is 16.3. The Labute approximate surface area is 105 Å². The number of hydrogen-bond donors (Lipinski definition) is 1. The van der Waals surface area contributed by atoms with E-state index < -0.39 is 5.60 Å². The smallest absolute Gasteiger partial charge is 0.0921 e. The fourth-order valence-corrected chi connectivity index (χ4v) is 3.21. The van der Waals surface area contributed by atoms with Gasteiger partial charge in [-0.1, -0.05) is 62.9 Å². The van der Waals surface area contributed by atoms with Gasteiger partial charge in [0.05, 0.1) is 5.60 Å². The van der Waals surface area contributed by atoms with E-state index in [1.165, 1.54) is 38.5 Å². The highest BCUT2D eigenvalue weighted by Crippen LogP contribution is 2.40. The zero-order chi connectivity index (χ0) is 12.1. The molecule has 1 atom stereocenters. The van der Waals surface area contributed by atoms with Crippen LogP contribution in [-0.2, 0) is 5.60 Å². The molecule has 0 aromatic heterocycles. The Morgan fingerprint density at radius 1 is 1.06 bits per heavy atom. The summed E-state index contributed by atoms with van der Waals surface area (Å²) in [5, 5.41) is 11.0. The third kappa shape index (κ3) is 2.71. The monoisotopic (exact) mass is 232 g/mol. The lowest BCUT2D eigenvalue weighted by atomic mass is 9.75. The van der Waals surface area contributed by atoms with Crippen molar-refractivity contribution in [3.63, 3.8) is 0 Å². The van der Waals surface area contributed by atoms with Gasteiger partial charge in [0.2, 0.25) is 0 Å². The van der Waals surface area contributed by atoms with Gasteiger partial charge in [0.1, 0.15) is 0 Å². The normalized spacial score (nSPS) is 21.8. The molecular formula is C16H24O. The van der Waals surface area contributed by atoms with Gasteiger partial charge in [-0.05, 0) is 30.7 Å². The Morgan fingerprint density at radius 2 is 1.65 bits per heavy atom. The highest BCUT2D eigenvalue weighted by molar-refractivity contribution is 5.23. The van der Waals surface area contributed by atoms with Crippen LogP contribution < -0.4 is 0 Å². The summed E-state index contributed by atoms with van der Waals surface area (Å²) in [6, 6.07) is 10.2. The summed E-state index contributed by atoms with van der Waals surface area (Å²) in [6.45, 7) is 2.11. The van der Waals surface area contributed by atoms with E-state index in [2.05, 4.69) is 19.1 Å². The Balaban J connectivity index is 2.23. The van der Waals surface area contributed by atoms with Gasteiger partial charge in [-0.15, -0.1) is 0 Å². The van der Waals surface area contributed by atoms with Crippen LogP contribution in [0.25, 0.3) is 0 Å². The largest absolute Gasteiger partial charge is 0.385 e. The van der Waals surface area contributed by atoms with Gasteiger partial charge in [-0.3, -0.25) is 0 Å². The van der Waals surface area contributed by atoms with Gasteiger partial charge in [0.15, 0.2) is 0 Å². The predicted octanol–water partition coefficient (Wildman–Crippen LogP) is 4.25. The van der Waals surface area contributed by atoms with Crippen LogP contribution >= 0.6 is 0 Å². The Bertz CT molecular complexity index is 325. The van der Waals surface area contributed by atoms with E-state index in [0.717, 1.165) is 12.0 Å². The van der Waals surface area contributed by atoms with E-state index in [0.29, 0.717) is 5.92 Å². The maximum absolute atomic E-state index is 11.0. The molecule has 1 aliphatic carbocycles. The second-order valence-corrected chi connectivity index (χ2v) is 5.33. The molecule has 1 aromatic carbocycles. The van der Waals surface area contributed by atoms with Gasteiger partial charge in [0.25, 0.3) is 0 Å². The molecule has 1 unspecified atom stereocenters. The molecule has 1 saturated carbocycles. The molecule has 1 fully saturated rings. The number of rotatable bonds is 3. The van der Waals surface area contributed by atoms with Crippen molar-refractivity contribution in [2.24, 2.45) is 5.92 Å². The fraction of sp³-hybridized carbons (Fsp3) is 0.625. The van der Waals surface area contributed by atoms with E-state index in [1.807, 2.05) is 18.2 Å². The average Bonchev–Trinajstić information content (AvgIpc) is 2.68. The van der Waals surface area contributed by atoms with E-state index in [9.17, 15) is 5.11 Å². The molecule has 94 valence electrons. The molecule has 1 nitrogen and oxygen atoms in total. The highest BCUT2D eigenvalue weighted by Gasteiger charge is 2.36. The second-order valence-electron chi connectivity index (χ2n) is 5.33. The number of benzene rings is 1. The molecule has 1 aromatic rings. The Morgan fingerprint density at radius 3 is 2.18 bits per heavy atom.